The number of hydrogen-bond donors (Lipinski definition) is 0. The van der Waals surface area contributed by atoms with Crippen molar-refractivity contribution in [2.75, 3.05) is 26.4 Å². The molecule has 18 heavy (non-hydrogen) atoms. The van der Waals surface area contributed by atoms with Crippen LogP contribution in [0.5, 0.6) is 0 Å². The molecule has 0 bridgehead atoms. The first-order valence-corrected chi connectivity index (χ1v) is 9.77. The van der Waals surface area contributed by atoms with E-state index in [2.05, 4.69) is 18.1 Å². The summed E-state index contributed by atoms with van der Waals surface area (Å²) in [6, 6.07) is 0.314. The van der Waals surface area contributed by atoms with Crippen LogP contribution in [0.4, 0.5) is 0 Å². The Balaban J connectivity index is 4.82. The van der Waals surface area contributed by atoms with Crippen molar-refractivity contribution < 1.29 is 17.7 Å². The van der Waals surface area contributed by atoms with Crippen LogP contribution in [-0.4, -0.2) is 55.6 Å². The molecule has 5 nitrogen and oxygen atoms in total. The molecule has 0 saturated carbocycles. The van der Waals surface area contributed by atoms with Crippen molar-refractivity contribution in [3.05, 3.63) is 0 Å². The van der Waals surface area contributed by atoms with Crippen molar-refractivity contribution in [3.8, 4) is 0 Å². The molecule has 0 aliphatic carbocycles. The molecule has 0 aromatic rings. The second-order valence-corrected chi connectivity index (χ2v) is 8.33. The predicted molar refractivity (Wildman–Crippen MR) is 77.8 cm³/mol. The SMILES string of the molecule is CCO[SiH](OCC)N(C(C)C)[SiH](OCC)OCC. The Labute approximate surface area is 115 Å². The van der Waals surface area contributed by atoms with E-state index in [1.807, 2.05) is 27.7 Å². The fraction of sp³-hybridized carbons (Fsp3) is 1.00. The Hall–Kier alpha value is 0.234. The van der Waals surface area contributed by atoms with E-state index in [9.17, 15) is 0 Å². The predicted octanol–water partition coefficient (Wildman–Crippen LogP) is 1.28. The van der Waals surface area contributed by atoms with Gasteiger partial charge in [-0.1, -0.05) is 13.8 Å². The van der Waals surface area contributed by atoms with Crippen molar-refractivity contribution in [3.63, 3.8) is 0 Å². The van der Waals surface area contributed by atoms with E-state index in [0.29, 0.717) is 32.5 Å². The lowest BCUT2D eigenvalue weighted by Crippen LogP contribution is -2.58. The Kier molecular flexibility index (Phi) is 11.2. The minimum Gasteiger partial charge on any atom is -0.385 e. The van der Waals surface area contributed by atoms with Crippen molar-refractivity contribution in [1.29, 1.82) is 0 Å². The quantitative estimate of drug-likeness (QED) is 0.537. The van der Waals surface area contributed by atoms with Gasteiger partial charge in [0.05, 0.1) is 0 Å². The first kappa shape index (κ1) is 18.2. The molecule has 0 amide bonds. The highest BCUT2D eigenvalue weighted by Crippen LogP contribution is 2.10. The molecule has 0 radical (unpaired) electrons. The lowest BCUT2D eigenvalue weighted by molar-refractivity contribution is 0.122. The number of nitrogens with zero attached hydrogens (tertiary/aromatic N) is 1. The van der Waals surface area contributed by atoms with Crippen molar-refractivity contribution in [2.45, 2.75) is 47.6 Å². The molecule has 110 valence electrons. The standard InChI is InChI=1S/C11H29NO4Si2/c1-7-13-17(14-8-2)12(11(5)6)18(15-9-3)16-10-4/h11,17-18H,7-10H2,1-6H3. The highest BCUT2D eigenvalue weighted by Gasteiger charge is 2.35. The van der Waals surface area contributed by atoms with Gasteiger partial charge in [-0.15, -0.1) is 0 Å². The molecule has 0 fully saturated rings. The maximum atomic E-state index is 5.80. The average molecular weight is 296 g/mol. The molecule has 0 N–H and O–H groups in total. The normalized spacial score (nSPS) is 12.3. The average Bonchev–Trinajstić information content (AvgIpc) is 2.30. The molecule has 0 spiro atoms. The van der Waals surface area contributed by atoms with E-state index < -0.39 is 18.9 Å². The third-order valence-electron chi connectivity index (χ3n) is 2.32. The van der Waals surface area contributed by atoms with Crippen molar-refractivity contribution in [2.24, 2.45) is 0 Å². The molecule has 0 aliphatic heterocycles. The van der Waals surface area contributed by atoms with Crippen LogP contribution in [0, 0.1) is 0 Å². The van der Waals surface area contributed by atoms with Crippen molar-refractivity contribution in [1.82, 2.24) is 4.23 Å². The zero-order valence-corrected chi connectivity index (χ0v) is 15.0. The smallest absolute Gasteiger partial charge is 0.385 e. The van der Waals surface area contributed by atoms with E-state index in [0.717, 1.165) is 0 Å². The molecular weight excluding hydrogens is 266 g/mol. The fourth-order valence-electron chi connectivity index (χ4n) is 1.60. The van der Waals surface area contributed by atoms with E-state index in [-0.39, 0.29) is 0 Å². The summed E-state index contributed by atoms with van der Waals surface area (Å²) in [4.78, 5) is 0. The van der Waals surface area contributed by atoms with Gasteiger partial charge in [-0.2, -0.15) is 0 Å². The van der Waals surface area contributed by atoms with Crippen molar-refractivity contribution >= 4 is 18.9 Å². The summed E-state index contributed by atoms with van der Waals surface area (Å²) < 4.78 is 25.4. The molecule has 7 heteroatoms. The maximum Gasteiger partial charge on any atom is 0.407 e. The lowest BCUT2D eigenvalue weighted by atomic mass is 10.4. The van der Waals surface area contributed by atoms with E-state index in [1.165, 1.54) is 0 Å². The number of hydrogen-bond acceptors (Lipinski definition) is 5. The summed E-state index contributed by atoms with van der Waals surface area (Å²) in [5.74, 6) is 0. The third kappa shape index (κ3) is 6.41. The third-order valence-corrected chi connectivity index (χ3v) is 8.42. The summed E-state index contributed by atoms with van der Waals surface area (Å²) in [5, 5.41) is 0. The summed E-state index contributed by atoms with van der Waals surface area (Å²) in [5.41, 5.74) is 0. The molecule has 0 rings (SSSR count). The summed E-state index contributed by atoms with van der Waals surface area (Å²) in [6.07, 6.45) is 0. The Morgan fingerprint density at radius 3 is 1.17 bits per heavy atom. The van der Waals surface area contributed by atoms with E-state index in [1.54, 1.807) is 0 Å². The molecule has 0 unspecified atom stereocenters. The van der Waals surface area contributed by atoms with Crippen LogP contribution in [0.3, 0.4) is 0 Å². The monoisotopic (exact) mass is 295 g/mol. The largest absolute Gasteiger partial charge is 0.407 e. The first-order valence-electron chi connectivity index (χ1n) is 6.86. The Morgan fingerprint density at radius 2 is 1.00 bits per heavy atom. The zero-order valence-electron chi connectivity index (χ0n) is 12.6. The van der Waals surface area contributed by atoms with Gasteiger partial charge in [0.15, 0.2) is 0 Å². The molecule has 0 atom stereocenters. The van der Waals surface area contributed by atoms with Gasteiger partial charge in [0.1, 0.15) is 0 Å². The maximum absolute atomic E-state index is 5.80. The molecule has 0 heterocycles. The minimum absolute atomic E-state index is 0.314. The topological polar surface area (TPSA) is 40.2 Å². The Bertz CT molecular complexity index is 170. The molecule has 0 saturated heterocycles. The lowest BCUT2D eigenvalue weighted by Gasteiger charge is -2.36. The van der Waals surface area contributed by atoms with Gasteiger partial charge < -0.3 is 17.7 Å². The van der Waals surface area contributed by atoms with Gasteiger partial charge in [-0.05, 0) is 33.7 Å². The van der Waals surface area contributed by atoms with Gasteiger partial charge in [-0.25, -0.2) is 0 Å². The highest BCUT2D eigenvalue weighted by atomic mass is 28.4. The van der Waals surface area contributed by atoms with Crippen LogP contribution in [0.2, 0.25) is 0 Å². The van der Waals surface area contributed by atoms with E-state index in [4.69, 9.17) is 17.7 Å². The van der Waals surface area contributed by atoms with Crippen LogP contribution in [0.1, 0.15) is 41.5 Å². The summed E-state index contributed by atoms with van der Waals surface area (Å²) in [7, 11) is -3.77. The summed E-state index contributed by atoms with van der Waals surface area (Å²) in [6.45, 7) is 14.9. The molecule has 0 aliphatic rings. The fourth-order valence-corrected chi connectivity index (χ4v) is 6.42. The van der Waals surface area contributed by atoms with Gasteiger partial charge >= 0.3 is 18.9 Å². The van der Waals surface area contributed by atoms with Gasteiger partial charge in [-0.3, -0.25) is 4.23 Å². The highest BCUT2D eigenvalue weighted by molar-refractivity contribution is 6.59. The van der Waals surface area contributed by atoms with E-state index >= 15 is 0 Å². The molecular formula is C11H29NO4Si2. The zero-order chi connectivity index (χ0) is 14.0. The van der Waals surface area contributed by atoms with Gasteiger partial charge in [0.25, 0.3) is 0 Å². The summed E-state index contributed by atoms with van der Waals surface area (Å²) >= 11 is 0. The van der Waals surface area contributed by atoms with Gasteiger partial charge in [0.2, 0.25) is 0 Å². The van der Waals surface area contributed by atoms with Crippen LogP contribution in [-0.2, 0) is 17.7 Å². The van der Waals surface area contributed by atoms with Crippen LogP contribution < -0.4 is 0 Å². The molecule has 0 aromatic carbocycles. The second kappa shape index (κ2) is 11.1. The first-order chi connectivity index (χ1) is 8.62. The van der Waals surface area contributed by atoms with Crippen LogP contribution in [0.25, 0.3) is 0 Å². The van der Waals surface area contributed by atoms with Gasteiger partial charge in [0, 0.05) is 26.4 Å². The van der Waals surface area contributed by atoms with Crippen LogP contribution >= 0.6 is 0 Å². The second-order valence-electron chi connectivity index (χ2n) is 3.98. The molecule has 0 aromatic heterocycles. The minimum atomic E-state index is -1.88. The number of rotatable bonds is 11. The van der Waals surface area contributed by atoms with Crippen LogP contribution in [0.15, 0.2) is 0 Å². The Morgan fingerprint density at radius 1 is 0.722 bits per heavy atom.